The number of para-hydroxylation sites is 1. The van der Waals surface area contributed by atoms with E-state index in [-0.39, 0.29) is 5.60 Å². The third kappa shape index (κ3) is 2.20. The number of benzene rings is 2. The maximum absolute atomic E-state index is 10.7. The second kappa shape index (κ2) is 4.64. The van der Waals surface area contributed by atoms with Crippen LogP contribution in [0.1, 0.15) is 42.2 Å². The molecule has 0 aliphatic carbocycles. The Bertz CT molecular complexity index is 644. The van der Waals surface area contributed by atoms with Crippen LogP contribution in [-0.2, 0) is 6.42 Å². The minimum absolute atomic E-state index is 0.191. The molecule has 1 heterocycles. The molecule has 0 bridgehead atoms. The van der Waals surface area contributed by atoms with Crippen molar-refractivity contribution in [3.63, 3.8) is 0 Å². The van der Waals surface area contributed by atoms with Crippen molar-refractivity contribution < 1.29 is 9.84 Å². The summed E-state index contributed by atoms with van der Waals surface area (Å²) in [7, 11) is 0. The first kappa shape index (κ1) is 13.2. The molecule has 1 aliphatic rings. The third-order valence-corrected chi connectivity index (χ3v) is 3.90. The molecular weight excluding hydrogens is 248 g/mol. The van der Waals surface area contributed by atoms with Gasteiger partial charge in [-0.3, -0.25) is 0 Å². The van der Waals surface area contributed by atoms with Crippen LogP contribution in [0.3, 0.4) is 0 Å². The molecule has 3 rings (SSSR count). The Hall–Kier alpha value is -1.80. The first-order valence-electron chi connectivity index (χ1n) is 7.02. The zero-order chi connectivity index (χ0) is 14.3. The number of aliphatic hydroxyl groups excluding tert-OH is 1. The fourth-order valence-corrected chi connectivity index (χ4v) is 2.92. The van der Waals surface area contributed by atoms with E-state index in [0.717, 1.165) is 28.9 Å². The van der Waals surface area contributed by atoms with E-state index in [0.29, 0.717) is 0 Å². The molecule has 104 valence electrons. The standard InChI is InChI=1S/C18H20O2/c1-12-7-4-5-9-14(12)16(19)15-10-6-8-13-11-18(2,3)20-17(13)15/h4-10,16,19H,11H2,1-3H3. The van der Waals surface area contributed by atoms with E-state index in [2.05, 4.69) is 19.9 Å². The van der Waals surface area contributed by atoms with E-state index >= 15 is 0 Å². The van der Waals surface area contributed by atoms with Gasteiger partial charge in [0, 0.05) is 12.0 Å². The zero-order valence-corrected chi connectivity index (χ0v) is 12.2. The lowest BCUT2D eigenvalue weighted by Gasteiger charge is -2.20. The lowest BCUT2D eigenvalue weighted by atomic mass is 9.94. The van der Waals surface area contributed by atoms with Crippen molar-refractivity contribution in [2.24, 2.45) is 0 Å². The van der Waals surface area contributed by atoms with Crippen molar-refractivity contribution in [2.45, 2.75) is 38.9 Å². The van der Waals surface area contributed by atoms with Crippen LogP contribution in [-0.4, -0.2) is 10.7 Å². The van der Waals surface area contributed by atoms with Crippen LogP contribution >= 0.6 is 0 Å². The van der Waals surface area contributed by atoms with E-state index < -0.39 is 6.10 Å². The molecule has 0 aromatic heterocycles. The Labute approximate surface area is 120 Å². The smallest absolute Gasteiger partial charge is 0.129 e. The zero-order valence-electron chi connectivity index (χ0n) is 12.2. The summed E-state index contributed by atoms with van der Waals surface area (Å²) in [5.74, 6) is 0.855. The van der Waals surface area contributed by atoms with Gasteiger partial charge in [0.05, 0.1) is 0 Å². The number of aryl methyl sites for hydroxylation is 1. The van der Waals surface area contributed by atoms with Crippen molar-refractivity contribution in [3.8, 4) is 5.75 Å². The van der Waals surface area contributed by atoms with Crippen molar-refractivity contribution in [2.75, 3.05) is 0 Å². The van der Waals surface area contributed by atoms with E-state index in [1.54, 1.807) is 0 Å². The minimum Gasteiger partial charge on any atom is -0.487 e. The number of aliphatic hydroxyl groups is 1. The van der Waals surface area contributed by atoms with Crippen LogP contribution in [0, 0.1) is 6.92 Å². The Morgan fingerprint density at radius 2 is 1.75 bits per heavy atom. The van der Waals surface area contributed by atoms with Crippen LogP contribution in [0.5, 0.6) is 5.75 Å². The average molecular weight is 268 g/mol. The summed E-state index contributed by atoms with van der Waals surface area (Å²) in [6.07, 6.45) is 0.247. The van der Waals surface area contributed by atoms with Gasteiger partial charge in [-0.2, -0.15) is 0 Å². The number of hydrogen-bond acceptors (Lipinski definition) is 2. The average Bonchev–Trinajstić information content (AvgIpc) is 2.72. The van der Waals surface area contributed by atoms with Crippen LogP contribution in [0.15, 0.2) is 42.5 Å². The molecule has 1 atom stereocenters. The molecule has 20 heavy (non-hydrogen) atoms. The molecule has 1 unspecified atom stereocenters. The highest BCUT2D eigenvalue weighted by Crippen LogP contribution is 2.41. The quantitative estimate of drug-likeness (QED) is 0.898. The van der Waals surface area contributed by atoms with E-state index in [1.807, 2.05) is 43.3 Å². The molecule has 0 radical (unpaired) electrons. The maximum atomic E-state index is 10.7. The predicted molar refractivity (Wildman–Crippen MR) is 80.1 cm³/mol. The highest BCUT2D eigenvalue weighted by Gasteiger charge is 2.33. The van der Waals surface area contributed by atoms with Gasteiger partial charge in [-0.15, -0.1) is 0 Å². The van der Waals surface area contributed by atoms with E-state index in [1.165, 1.54) is 5.56 Å². The Kier molecular flexibility index (Phi) is 3.06. The highest BCUT2D eigenvalue weighted by molar-refractivity contribution is 5.50. The van der Waals surface area contributed by atoms with Gasteiger partial charge in [-0.05, 0) is 37.5 Å². The van der Waals surface area contributed by atoms with Gasteiger partial charge in [-0.1, -0.05) is 42.5 Å². The Morgan fingerprint density at radius 1 is 1.05 bits per heavy atom. The van der Waals surface area contributed by atoms with Gasteiger partial charge in [0.1, 0.15) is 17.5 Å². The van der Waals surface area contributed by atoms with E-state index in [4.69, 9.17) is 4.74 Å². The van der Waals surface area contributed by atoms with Gasteiger partial charge < -0.3 is 9.84 Å². The lowest BCUT2D eigenvalue weighted by molar-refractivity contribution is 0.131. The molecule has 0 saturated carbocycles. The summed E-state index contributed by atoms with van der Waals surface area (Å²) >= 11 is 0. The Morgan fingerprint density at radius 3 is 2.50 bits per heavy atom. The Balaban J connectivity index is 2.05. The summed E-state index contributed by atoms with van der Waals surface area (Å²) in [5, 5.41) is 10.7. The van der Waals surface area contributed by atoms with Crippen molar-refractivity contribution in [1.29, 1.82) is 0 Å². The van der Waals surface area contributed by atoms with Gasteiger partial charge in [0.2, 0.25) is 0 Å². The van der Waals surface area contributed by atoms with Crippen LogP contribution in [0.25, 0.3) is 0 Å². The minimum atomic E-state index is -0.639. The second-order valence-corrected chi connectivity index (χ2v) is 6.13. The lowest BCUT2D eigenvalue weighted by Crippen LogP contribution is -2.25. The van der Waals surface area contributed by atoms with Gasteiger partial charge in [-0.25, -0.2) is 0 Å². The molecule has 2 nitrogen and oxygen atoms in total. The predicted octanol–water partition coefficient (Wildman–Crippen LogP) is 3.79. The number of rotatable bonds is 2. The molecule has 2 heteroatoms. The molecule has 0 saturated heterocycles. The first-order valence-corrected chi connectivity index (χ1v) is 7.02. The molecule has 2 aromatic rings. The van der Waals surface area contributed by atoms with Crippen LogP contribution in [0.4, 0.5) is 0 Å². The fraction of sp³-hybridized carbons (Fsp3) is 0.333. The van der Waals surface area contributed by atoms with E-state index in [9.17, 15) is 5.11 Å². The molecule has 1 N–H and O–H groups in total. The first-order chi connectivity index (χ1) is 9.48. The number of fused-ring (bicyclic) bond motifs is 1. The van der Waals surface area contributed by atoms with Crippen LogP contribution < -0.4 is 4.74 Å². The monoisotopic (exact) mass is 268 g/mol. The normalized spacial score (nSPS) is 17.4. The summed E-state index contributed by atoms with van der Waals surface area (Å²) in [5.41, 5.74) is 3.88. The largest absolute Gasteiger partial charge is 0.487 e. The molecular formula is C18H20O2. The third-order valence-electron chi connectivity index (χ3n) is 3.90. The summed E-state index contributed by atoms with van der Waals surface area (Å²) in [4.78, 5) is 0. The maximum Gasteiger partial charge on any atom is 0.129 e. The van der Waals surface area contributed by atoms with Crippen molar-refractivity contribution >= 4 is 0 Å². The van der Waals surface area contributed by atoms with Gasteiger partial charge in [0.15, 0.2) is 0 Å². The summed E-state index contributed by atoms with van der Waals surface area (Å²) < 4.78 is 6.05. The van der Waals surface area contributed by atoms with Crippen molar-refractivity contribution in [3.05, 3.63) is 64.7 Å². The fourth-order valence-electron chi connectivity index (χ4n) is 2.92. The molecule has 0 amide bonds. The van der Waals surface area contributed by atoms with Crippen LogP contribution in [0.2, 0.25) is 0 Å². The summed E-state index contributed by atoms with van der Waals surface area (Å²) in [6.45, 7) is 6.18. The molecule has 2 aromatic carbocycles. The highest BCUT2D eigenvalue weighted by atomic mass is 16.5. The van der Waals surface area contributed by atoms with Crippen molar-refractivity contribution in [1.82, 2.24) is 0 Å². The number of ether oxygens (including phenoxy) is 1. The SMILES string of the molecule is Cc1ccccc1C(O)c1cccc2c1OC(C)(C)C2. The topological polar surface area (TPSA) is 29.5 Å². The second-order valence-electron chi connectivity index (χ2n) is 6.13. The molecule has 0 spiro atoms. The molecule has 0 fully saturated rings. The van der Waals surface area contributed by atoms with Gasteiger partial charge in [0.25, 0.3) is 0 Å². The number of hydrogen-bond donors (Lipinski definition) is 1. The summed E-state index contributed by atoms with van der Waals surface area (Å²) in [6, 6.07) is 14.0. The van der Waals surface area contributed by atoms with Gasteiger partial charge >= 0.3 is 0 Å². The molecule has 1 aliphatic heterocycles.